The first-order valence-corrected chi connectivity index (χ1v) is 8.86. The third-order valence-corrected chi connectivity index (χ3v) is 4.47. The van der Waals surface area contributed by atoms with Crippen molar-refractivity contribution in [2.24, 2.45) is 5.92 Å². The van der Waals surface area contributed by atoms with Crippen LogP contribution < -0.4 is 0 Å². The van der Waals surface area contributed by atoms with Crippen molar-refractivity contribution < 1.29 is 19.4 Å². The summed E-state index contributed by atoms with van der Waals surface area (Å²) >= 11 is 0. The lowest BCUT2D eigenvalue weighted by atomic mass is 9.92. The molecule has 0 fully saturated rings. The topological polar surface area (TPSA) is 63.6 Å². The van der Waals surface area contributed by atoms with Crippen LogP contribution in [0, 0.1) is 12.8 Å². The van der Waals surface area contributed by atoms with Gasteiger partial charge in [0, 0.05) is 0 Å². The number of aromatic carboxylic acids is 1. The molecular formula is C20H30O4. The molecule has 24 heavy (non-hydrogen) atoms. The number of unbranched alkanes of at least 4 members (excludes halogenated alkanes) is 1. The Morgan fingerprint density at radius 3 is 2.33 bits per heavy atom. The van der Waals surface area contributed by atoms with E-state index in [1.54, 1.807) is 12.1 Å². The number of rotatable bonds is 9. The van der Waals surface area contributed by atoms with Crippen molar-refractivity contribution >= 4 is 11.9 Å². The molecule has 0 heterocycles. The normalized spacial score (nSPS) is 12.2. The van der Waals surface area contributed by atoms with Crippen molar-refractivity contribution in [2.75, 3.05) is 6.61 Å². The molecule has 4 heteroatoms. The fourth-order valence-corrected chi connectivity index (χ4v) is 2.86. The molecule has 1 atom stereocenters. The number of carboxylic acids is 1. The molecule has 0 aliphatic carbocycles. The summed E-state index contributed by atoms with van der Waals surface area (Å²) < 4.78 is 5.42. The van der Waals surface area contributed by atoms with Crippen LogP contribution in [-0.4, -0.2) is 23.7 Å². The minimum absolute atomic E-state index is 0.0240. The van der Waals surface area contributed by atoms with Gasteiger partial charge in [0.05, 0.1) is 17.7 Å². The van der Waals surface area contributed by atoms with Gasteiger partial charge >= 0.3 is 11.9 Å². The standard InChI is InChI=1S/C20H30O4/c1-6-8-9-15(7-2)12-24-20(23)18-10-14(5)16(13(3)4)11-17(18)19(21)22/h10-11,13,15H,6-9,12H2,1-5H3,(H,21,22). The molecule has 0 saturated carbocycles. The van der Waals surface area contributed by atoms with Gasteiger partial charge < -0.3 is 9.84 Å². The summed E-state index contributed by atoms with van der Waals surface area (Å²) in [6, 6.07) is 3.25. The zero-order valence-electron chi connectivity index (χ0n) is 15.5. The van der Waals surface area contributed by atoms with E-state index in [0.29, 0.717) is 12.5 Å². The molecule has 134 valence electrons. The highest BCUT2D eigenvalue weighted by molar-refractivity contribution is 6.02. The number of aryl methyl sites for hydroxylation is 1. The average molecular weight is 334 g/mol. The van der Waals surface area contributed by atoms with Crippen LogP contribution in [0.4, 0.5) is 0 Å². The van der Waals surface area contributed by atoms with E-state index in [0.717, 1.165) is 36.8 Å². The van der Waals surface area contributed by atoms with E-state index in [9.17, 15) is 14.7 Å². The second kappa shape index (κ2) is 9.45. The maximum atomic E-state index is 12.4. The summed E-state index contributed by atoms with van der Waals surface area (Å²) in [5, 5.41) is 9.44. The fourth-order valence-electron chi connectivity index (χ4n) is 2.86. The van der Waals surface area contributed by atoms with Crippen molar-refractivity contribution in [3.05, 3.63) is 34.4 Å². The molecular weight excluding hydrogens is 304 g/mol. The lowest BCUT2D eigenvalue weighted by Crippen LogP contribution is -2.17. The van der Waals surface area contributed by atoms with E-state index in [2.05, 4.69) is 13.8 Å². The van der Waals surface area contributed by atoms with Gasteiger partial charge in [-0.1, -0.05) is 47.0 Å². The quantitative estimate of drug-likeness (QED) is 0.631. The first-order chi connectivity index (χ1) is 11.3. The Balaban J connectivity index is 2.97. The summed E-state index contributed by atoms with van der Waals surface area (Å²) in [6.07, 6.45) is 4.20. The van der Waals surface area contributed by atoms with E-state index < -0.39 is 11.9 Å². The number of hydrogen-bond donors (Lipinski definition) is 1. The highest BCUT2D eigenvalue weighted by Crippen LogP contribution is 2.24. The van der Waals surface area contributed by atoms with Gasteiger partial charge in [0.1, 0.15) is 0 Å². The third kappa shape index (κ3) is 5.36. The molecule has 0 spiro atoms. The lowest BCUT2D eigenvalue weighted by Gasteiger charge is -2.17. The molecule has 0 bridgehead atoms. The second-order valence-electron chi connectivity index (χ2n) is 6.73. The average Bonchev–Trinajstić information content (AvgIpc) is 2.53. The maximum Gasteiger partial charge on any atom is 0.339 e. The molecule has 0 aromatic heterocycles. The summed E-state index contributed by atoms with van der Waals surface area (Å²) in [5.41, 5.74) is 2.03. The minimum Gasteiger partial charge on any atom is -0.478 e. The maximum absolute atomic E-state index is 12.4. The zero-order valence-corrected chi connectivity index (χ0v) is 15.5. The van der Waals surface area contributed by atoms with Gasteiger partial charge in [-0.3, -0.25) is 0 Å². The summed E-state index contributed by atoms with van der Waals surface area (Å²) in [7, 11) is 0. The number of carboxylic acid groups (broad SMARTS) is 1. The van der Waals surface area contributed by atoms with E-state index in [1.807, 2.05) is 20.8 Å². The van der Waals surface area contributed by atoms with Crippen molar-refractivity contribution in [1.82, 2.24) is 0 Å². The van der Waals surface area contributed by atoms with Gasteiger partial charge in [0.2, 0.25) is 0 Å². The van der Waals surface area contributed by atoms with Crippen LogP contribution in [-0.2, 0) is 4.74 Å². The van der Waals surface area contributed by atoms with Gasteiger partial charge in [0.15, 0.2) is 0 Å². The lowest BCUT2D eigenvalue weighted by molar-refractivity contribution is 0.0420. The van der Waals surface area contributed by atoms with Gasteiger partial charge in [-0.2, -0.15) is 0 Å². The molecule has 0 aliphatic heterocycles. The number of carbonyl (C=O) groups is 2. The zero-order chi connectivity index (χ0) is 18.3. The van der Waals surface area contributed by atoms with Crippen molar-refractivity contribution in [3.63, 3.8) is 0 Å². The van der Waals surface area contributed by atoms with Crippen molar-refractivity contribution in [3.8, 4) is 0 Å². The number of ether oxygens (including phenoxy) is 1. The Morgan fingerprint density at radius 2 is 1.83 bits per heavy atom. The second-order valence-corrected chi connectivity index (χ2v) is 6.73. The van der Waals surface area contributed by atoms with E-state index in [-0.39, 0.29) is 17.0 Å². The Morgan fingerprint density at radius 1 is 1.17 bits per heavy atom. The highest BCUT2D eigenvalue weighted by Gasteiger charge is 2.21. The fraction of sp³-hybridized carbons (Fsp3) is 0.600. The Kier molecular flexibility index (Phi) is 7.96. The Bertz CT molecular complexity index is 575. The molecule has 0 amide bonds. The molecule has 1 rings (SSSR count). The molecule has 0 aliphatic rings. The first kappa shape index (κ1) is 20.2. The predicted molar refractivity (Wildman–Crippen MR) is 95.8 cm³/mol. The number of esters is 1. The number of hydrogen-bond acceptors (Lipinski definition) is 3. The van der Waals surface area contributed by atoms with Gasteiger partial charge in [-0.15, -0.1) is 0 Å². The minimum atomic E-state index is -1.10. The van der Waals surface area contributed by atoms with Crippen molar-refractivity contribution in [1.29, 1.82) is 0 Å². The summed E-state index contributed by atoms with van der Waals surface area (Å²) in [5.74, 6) is -1.10. The van der Waals surface area contributed by atoms with Crippen LogP contribution >= 0.6 is 0 Å². The SMILES string of the molecule is CCCCC(CC)COC(=O)c1cc(C)c(C(C)C)cc1C(=O)O. The molecule has 0 radical (unpaired) electrons. The van der Waals surface area contributed by atoms with Crippen LogP contribution in [0.3, 0.4) is 0 Å². The van der Waals surface area contributed by atoms with Crippen LogP contribution in [0.2, 0.25) is 0 Å². The van der Waals surface area contributed by atoms with Crippen LogP contribution in [0.5, 0.6) is 0 Å². The Labute approximate surface area is 145 Å². The molecule has 1 unspecified atom stereocenters. The highest BCUT2D eigenvalue weighted by atomic mass is 16.5. The predicted octanol–water partition coefficient (Wildman–Crippen LogP) is 5.19. The monoisotopic (exact) mass is 334 g/mol. The first-order valence-electron chi connectivity index (χ1n) is 8.86. The summed E-state index contributed by atoms with van der Waals surface area (Å²) in [6.45, 7) is 10.5. The van der Waals surface area contributed by atoms with Gasteiger partial charge in [-0.05, 0) is 48.4 Å². The molecule has 1 N–H and O–H groups in total. The van der Waals surface area contributed by atoms with Crippen LogP contribution in [0.15, 0.2) is 12.1 Å². The molecule has 1 aromatic rings. The van der Waals surface area contributed by atoms with E-state index in [1.165, 1.54) is 0 Å². The van der Waals surface area contributed by atoms with Gasteiger partial charge in [0.25, 0.3) is 0 Å². The van der Waals surface area contributed by atoms with Crippen LogP contribution in [0.1, 0.15) is 91.1 Å². The molecule has 0 saturated heterocycles. The molecule has 4 nitrogen and oxygen atoms in total. The third-order valence-electron chi connectivity index (χ3n) is 4.47. The van der Waals surface area contributed by atoms with Crippen molar-refractivity contribution in [2.45, 2.75) is 66.2 Å². The summed E-state index contributed by atoms with van der Waals surface area (Å²) in [4.78, 5) is 24.0. The van der Waals surface area contributed by atoms with Crippen LogP contribution in [0.25, 0.3) is 0 Å². The smallest absolute Gasteiger partial charge is 0.339 e. The number of benzene rings is 1. The molecule has 1 aromatic carbocycles. The largest absolute Gasteiger partial charge is 0.478 e. The Hall–Kier alpha value is -1.84. The van der Waals surface area contributed by atoms with E-state index in [4.69, 9.17) is 4.74 Å². The van der Waals surface area contributed by atoms with Gasteiger partial charge in [-0.25, -0.2) is 9.59 Å². The van der Waals surface area contributed by atoms with E-state index >= 15 is 0 Å². The number of carbonyl (C=O) groups excluding carboxylic acids is 1.